The summed E-state index contributed by atoms with van der Waals surface area (Å²) in [6.07, 6.45) is 0. The Balaban J connectivity index is 1.85. The Hall–Kier alpha value is -2.44. The number of aryl methyl sites for hydroxylation is 1. The van der Waals surface area contributed by atoms with Crippen LogP contribution in [-0.4, -0.2) is 16.0 Å². The summed E-state index contributed by atoms with van der Waals surface area (Å²) in [6.45, 7) is 7.45. The molecule has 27 heavy (non-hydrogen) atoms. The molecule has 140 valence electrons. The first kappa shape index (κ1) is 19.3. The highest BCUT2D eigenvalue weighted by Gasteiger charge is 2.22. The smallest absolute Gasteiger partial charge is 0.231 e. The summed E-state index contributed by atoms with van der Waals surface area (Å²) in [7, 11) is 0. The van der Waals surface area contributed by atoms with Gasteiger partial charge in [0.25, 0.3) is 0 Å². The fraction of sp³-hybridized carbons (Fsp3) is 0.250. The molecular weight excluding hydrogens is 382 g/mol. The fourth-order valence-electron chi connectivity index (χ4n) is 2.37. The number of nitrogens with zero attached hydrogens (tertiary/aromatic N) is 1. The van der Waals surface area contributed by atoms with E-state index in [0.29, 0.717) is 27.7 Å². The number of carbonyl (C=O) groups is 1. The zero-order valence-corrected chi connectivity index (χ0v) is 17.1. The molecule has 1 amide bonds. The minimum absolute atomic E-state index is 0.163. The standard InChI is InChI=1S/C20H20ClN3O2S/c1-11-5-8-15-16(9-11)26-17(23-15)13-10-12(6-7-14(13)21)22-19(27)24-18(25)20(2,3)4/h5-10H,1-4H3,(H2,22,24,25,27). The van der Waals surface area contributed by atoms with Gasteiger partial charge in [-0.2, -0.15) is 0 Å². The van der Waals surface area contributed by atoms with Crippen molar-refractivity contribution in [3.63, 3.8) is 0 Å². The van der Waals surface area contributed by atoms with E-state index >= 15 is 0 Å². The van der Waals surface area contributed by atoms with Crippen molar-refractivity contribution in [2.75, 3.05) is 5.32 Å². The Morgan fingerprint density at radius 1 is 1.19 bits per heavy atom. The molecule has 0 unspecified atom stereocenters. The van der Waals surface area contributed by atoms with E-state index in [9.17, 15) is 4.79 Å². The number of hydrogen-bond acceptors (Lipinski definition) is 4. The lowest BCUT2D eigenvalue weighted by Gasteiger charge is -2.18. The molecule has 3 aromatic rings. The van der Waals surface area contributed by atoms with Crippen molar-refractivity contribution in [1.29, 1.82) is 0 Å². The van der Waals surface area contributed by atoms with Crippen LogP contribution in [0, 0.1) is 12.3 Å². The van der Waals surface area contributed by atoms with Crippen LogP contribution in [0.4, 0.5) is 5.69 Å². The van der Waals surface area contributed by atoms with Crippen LogP contribution < -0.4 is 10.6 Å². The van der Waals surface area contributed by atoms with E-state index in [-0.39, 0.29) is 11.0 Å². The topological polar surface area (TPSA) is 67.2 Å². The van der Waals surface area contributed by atoms with Gasteiger partial charge in [-0.25, -0.2) is 4.98 Å². The maximum Gasteiger partial charge on any atom is 0.231 e. The van der Waals surface area contributed by atoms with Gasteiger partial charge in [-0.3, -0.25) is 4.79 Å². The van der Waals surface area contributed by atoms with Crippen LogP contribution in [0.1, 0.15) is 26.3 Å². The molecule has 0 bridgehead atoms. The van der Waals surface area contributed by atoms with E-state index < -0.39 is 5.41 Å². The fourth-order valence-corrected chi connectivity index (χ4v) is 2.78. The van der Waals surface area contributed by atoms with Gasteiger partial charge >= 0.3 is 0 Å². The molecular formula is C20H20ClN3O2S. The highest BCUT2D eigenvalue weighted by Crippen LogP contribution is 2.32. The summed E-state index contributed by atoms with van der Waals surface area (Å²) >= 11 is 11.6. The monoisotopic (exact) mass is 401 g/mol. The highest BCUT2D eigenvalue weighted by atomic mass is 35.5. The molecule has 0 aliphatic heterocycles. The van der Waals surface area contributed by atoms with Gasteiger partial charge in [0.1, 0.15) is 5.52 Å². The third-order valence-corrected chi connectivity index (χ3v) is 4.44. The molecule has 1 aromatic heterocycles. The summed E-state index contributed by atoms with van der Waals surface area (Å²) in [6, 6.07) is 11.1. The molecule has 3 rings (SSSR count). The van der Waals surface area contributed by atoms with Gasteiger partial charge in [0, 0.05) is 11.1 Å². The zero-order valence-electron chi connectivity index (χ0n) is 15.5. The Kier molecular flexibility index (Phi) is 5.22. The summed E-state index contributed by atoms with van der Waals surface area (Å²) in [5.74, 6) is 0.261. The zero-order chi connectivity index (χ0) is 19.8. The van der Waals surface area contributed by atoms with Crippen molar-refractivity contribution in [2.45, 2.75) is 27.7 Å². The number of oxazole rings is 1. The predicted octanol–water partition coefficient (Wildman–Crippen LogP) is 5.32. The Morgan fingerprint density at radius 2 is 1.93 bits per heavy atom. The van der Waals surface area contributed by atoms with Crippen LogP contribution in [0.2, 0.25) is 5.02 Å². The van der Waals surface area contributed by atoms with Crippen molar-refractivity contribution in [3.8, 4) is 11.5 Å². The minimum Gasteiger partial charge on any atom is -0.436 e. The molecule has 7 heteroatoms. The molecule has 5 nitrogen and oxygen atoms in total. The first-order valence-electron chi connectivity index (χ1n) is 8.43. The molecule has 0 spiro atoms. The predicted molar refractivity (Wildman–Crippen MR) is 113 cm³/mol. The molecule has 0 aliphatic carbocycles. The Labute approximate surface area is 168 Å². The van der Waals surface area contributed by atoms with Crippen LogP contribution in [-0.2, 0) is 4.79 Å². The van der Waals surface area contributed by atoms with Gasteiger partial charge in [-0.15, -0.1) is 0 Å². The average molecular weight is 402 g/mol. The largest absolute Gasteiger partial charge is 0.436 e. The Bertz CT molecular complexity index is 1040. The lowest BCUT2D eigenvalue weighted by molar-refractivity contribution is -0.126. The number of hydrogen-bond donors (Lipinski definition) is 2. The lowest BCUT2D eigenvalue weighted by Crippen LogP contribution is -2.41. The first-order valence-corrected chi connectivity index (χ1v) is 9.21. The van der Waals surface area contributed by atoms with Crippen LogP contribution in [0.15, 0.2) is 40.8 Å². The summed E-state index contributed by atoms with van der Waals surface area (Å²) in [4.78, 5) is 16.6. The summed E-state index contributed by atoms with van der Waals surface area (Å²) in [5.41, 5.74) is 3.33. The van der Waals surface area contributed by atoms with E-state index in [0.717, 1.165) is 11.1 Å². The van der Waals surface area contributed by atoms with Gasteiger partial charge in [0.05, 0.1) is 10.6 Å². The van der Waals surface area contributed by atoms with Crippen molar-refractivity contribution in [3.05, 3.63) is 47.0 Å². The van der Waals surface area contributed by atoms with Crippen LogP contribution in [0.5, 0.6) is 0 Å². The number of rotatable bonds is 2. The van der Waals surface area contributed by atoms with Crippen LogP contribution >= 0.6 is 23.8 Å². The van der Waals surface area contributed by atoms with Gasteiger partial charge in [-0.1, -0.05) is 38.4 Å². The molecule has 0 saturated carbocycles. The number of fused-ring (bicyclic) bond motifs is 1. The molecule has 0 radical (unpaired) electrons. The van der Waals surface area contributed by atoms with Gasteiger partial charge in [0.15, 0.2) is 10.7 Å². The molecule has 0 atom stereocenters. The van der Waals surface area contributed by atoms with E-state index in [1.165, 1.54) is 0 Å². The number of nitrogens with one attached hydrogen (secondary N) is 2. The Morgan fingerprint density at radius 3 is 2.63 bits per heavy atom. The van der Waals surface area contributed by atoms with Gasteiger partial charge < -0.3 is 15.1 Å². The third-order valence-electron chi connectivity index (χ3n) is 3.91. The lowest BCUT2D eigenvalue weighted by atomic mass is 9.96. The molecule has 1 heterocycles. The maximum atomic E-state index is 12.0. The van der Waals surface area contributed by atoms with Crippen molar-refractivity contribution >= 4 is 51.6 Å². The average Bonchev–Trinajstić information content (AvgIpc) is 2.98. The third kappa shape index (κ3) is 4.46. The molecule has 2 aromatic carbocycles. The van der Waals surface area contributed by atoms with E-state index in [1.807, 2.05) is 45.9 Å². The number of benzene rings is 2. The highest BCUT2D eigenvalue weighted by molar-refractivity contribution is 7.80. The number of carbonyl (C=O) groups excluding carboxylic acids is 1. The number of amides is 1. The number of thiocarbonyl (C=S) groups is 1. The van der Waals surface area contributed by atoms with Crippen molar-refractivity contribution in [2.24, 2.45) is 5.41 Å². The molecule has 0 aliphatic rings. The van der Waals surface area contributed by atoms with E-state index in [4.69, 9.17) is 28.2 Å². The van der Waals surface area contributed by atoms with Crippen molar-refractivity contribution in [1.82, 2.24) is 10.3 Å². The van der Waals surface area contributed by atoms with Crippen LogP contribution in [0.25, 0.3) is 22.6 Å². The number of aromatic nitrogens is 1. The van der Waals surface area contributed by atoms with Gasteiger partial charge in [0.2, 0.25) is 11.8 Å². The second-order valence-corrected chi connectivity index (χ2v) is 8.16. The second kappa shape index (κ2) is 7.29. The number of anilines is 1. The minimum atomic E-state index is -0.535. The number of halogens is 1. The first-order chi connectivity index (χ1) is 12.6. The normalized spacial score (nSPS) is 11.4. The van der Waals surface area contributed by atoms with Gasteiger partial charge in [-0.05, 0) is 55.0 Å². The second-order valence-electron chi connectivity index (χ2n) is 7.34. The SMILES string of the molecule is Cc1ccc2nc(-c3cc(NC(=S)NC(=O)C(C)(C)C)ccc3Cl)oc2c1. The summed E-state index contributed by atoms with van der Waals surface area (Å²) < 4.78 is 5.86. The van der Waals surface area contributed by atoms with Crippen molar-refractivity contribution < 1.29 is 9.21 Å². The maximum absolute atomic E-state index is 12.0. The van der Waals surface area contributed by atoms with E-state index in [1.54, 1.807) is 18.2 Å². The quantitative estimate of drug-likeness (QED) is 0.569. The molecule has 0 fully saturated rings. The van der Waals surface area contributed by atoms with Crippen LogP contribution in [0.3, 0.4) is 0 Å². The molecule has 2 N–H and O–H groups in total. The molecule has 0 saturated heterocycles. The van der Waals surface area contributed by atoms with E-state index in [2.05, 4.69) is 15.6 Å². The summed E-state index contributed by atoms with van der Waals surface area (Å²) in [5, 5.41) is 6.40.